The van der Waals surface area contributed by atoms with Crippen LogP contribution in [0.3, 0.4) is 0 Å². The van der Waals surface area contributed by atoms with Crippen molar-refractivity contribution in [3.05, 3.63) is 90.6 Å². The van der Waals surface area contributed by atoms with E-state index in [2.05, 4.69) is 67.7 Å². The molecule has 1 N–H and O–H groups in total. The van der Waals surface area contributed by atoms with Crippen molar-refractivity contribution in [1.29, 1.82) is 0 Å². The fourth-order valence-corrected chi connectivity index (χ4v) is 4.31. The molecule has 7 nitrogen and oxygen atoms in total. The van der Waals surface area contributed by atoms with Crippen molar-refractivity contribution in [2.45, 2.75) is 91.3 Å². The SMILES string of the molecule is CC/C=C\C/C=C\C/C=C\C/C=C\C/C=C\CCCCOC(OC)C(=O)CC(CC(C)C)C(=O)Oc1ccccc1C(=O)O. The quantitative estimate of drug-likeness (QED) is 0.0411. The monoisotopic (exact) mass is 608 g/mol. The second-order valence-electron chi connectivity index (χ2n) is 10.9. The van der Waals surface area contributed by atoms with Crippen molar-refractivity contribution in [2.24, 2.45) is 11.8 Å². The highest BCUT2D eigenvalue weighted by molar-refractivity contribution is 5.92. The van der Waals surface area contributed by atoms with E-state index in [-0.39, 0.29) is 29.4 Å². The highest BCUT2D eigenvalue weighted by Gasteiger charge is 2.30. The molecule has 242 valence electrons. The Hall–Kier alpha value is -3.55. The number of carbonyl (C=O) groups excluding carboxylic acids is 2. The maximum absolute atomic E-state index is 12.9. The van der Waals surface area contributed by atoms with Crippen LogP contribution in [0, 0.1) is 11.8 Å². The summed E-state index contributed by atoms with van der Waals surface area (Å²) in [5.74, 6) is -2.86. The van der Waals surface area contributed by atoms with Gasteiger partial charge in [-0.1, -0.05) is 93.7 Å². The van der Waals surface area contributed by atoms with Crippen LogP contribution in [-0.4, -0.2) is 42.8 Å². The van der Waals surface area contributed by atoms with Gasteiger partial charge < -0.3 is 19.3 Å². The van der Waals surface area contributed by atoms with E-state index in [1.807, 2.05) is 13.8 Å². The first kappa shape index (κ1) is 38.5. The standard InChI is InChI=1S/C37H52O7/c1-5-6-7-8-9-10-11-12-13-14-15-16-17-18-19-20-21-24-27-43-37(42-4)33(38)29-31(28-30(2)3)36(41)44-34-26-23-22-25-32(34)35(39)40/h6-7,9-10,12-13,15-16,18-19,22-23,25-26,30-31,37H,5,8,11,14,17,20-21,24,27-29H2,1-4H3,(H,39,40)/b7-6-,10-9-,13-12-,16-15-,19-18-. The Morgan fingerprint density at radius 1 is 0.818 bits per heavy atom. The molecule has 2 atom stereocenters. The minimum atomic E-state index is -1.20. The molecule has 0 aliphatic rings. The molecule has 0 saturated carbocycles. The van der Waals surface area contributed by atoms with E-state index in [0.29, 0.717) is 13.0 Å². The maximum atomic E-state index is 12.9. The van der Waals surface area contributed by atoms with E-state index in [4.69, 9.17) is 14.2 Å². The van der Waals surface area contributed by atoms with Gasteiger partial charge in [-0.25, -0.2) is 4.79 Å². The van der Waals surface area contributed by atoms with Gasteiger partial charge in [-0.2, -0.15) is 0 Å². The molecule has 2 unspecified atom stereocenters. The Kier molecular flexibility index (Phi) is 21.7. The molecule has 0 saturated heterocycles. The molecule has 0 spiro atoms. The molecule has 7 heteroatoms. The molecule has 0 amide bonds. The molecular weight excluding hydrogens is 556 g/mol. The zero-order valence-corrected chi connectivity index (χ0v) is 27.0. The van der Waals surface area contributed by atoms with Crippen LogP contribution in [0.15, 0.2) is 85.0 Å². The number of para-hydroxylation sites is 1. The van der Waals surface area contributed by atoms with Gasteiger partial charge in [0.25, 0.3) is 0 Å². The van der Waals surface area contributed by atoms with Gasteiger partial charge in [0.1, 0.15) is 11.3 Å². The minimum Gasteiger partial charge on any atom is -0.478 e. The van der Waals surface area contributed by atoms with Crippen LogP contribution >= 0.6 is 0 Å². The van der Waals surface area contributed by atoms with Crippen molar-refractivity contribution >= 4 is 17.7 Å². The first-order chi connectivity index (χ1) is 21.3. The zero-order chi connectivity index (χ0) is 32.4. The summed E-state index contributed by atoms with van der Waals surface area (Å²) in [6, 6.07) is 5.94. The molecule has 0 fully saturated rings. The summed E-state index contributed by atoms with van der Waals surface area (Å²) >= 11 is 0. The highest BCUT2D eigenvalue weighted by Crippen LogP contribution is 2.24. The Bertz CT molecular complexity index is 1110. The average Bonchev–Trinajstić information content (AvgIpc) is 2.99. The lowest BCUT2D eigenvalue weighted by Gasteiger charge is -2.21. The van der Waals surface area contributed by atoms with Gasteiger partial charge in [-0.3, -0.25) is 9.59 Å². The number of esters is 1. The first-order valence-corrected chi connectivity index (χ1v) is 15.8. The topological polar surface area (TPSA) is 99.1 Å². The molecule has 1 rings (SSSR count). The number of hydrogen-bond acceptors (Lipinski definition) is 6. The summed E-state index contributed by atoms with van der Waals surface area (Å²) in [5, 5.41) is 9.37. The molecule has 0 radical (unpaired) electrons. The maximum Gasteiger partial charge on any atom is 0.339 e. The molecule has 0 aliphatic carbocycles. The van der Waals surface area contributed by atoms with Crippen molar-refractivity contribution in [2.75, 3.05) is 13.7 Å². The fraction of sp³-hybridized carbons (Fsp3) is 0.486. The number of carboxylic acids is 1. The summed E-state index contributed by atoms with van der Waals surface area (Å²) < 4.78 is 16.4. The second kappa shape index (κ2) is 24.8. The largest absolute Gasteiger partial charge is 0.478 e. The Morgan fingerprint density at radius 2 is 1.39 bits per heavy atom. The van der Waals surface area contributed by atoms with Crippen molar-refractivity contribution in [1.82, 2.24) is 0 Å². The van der Waals surface area contributed by atoms with Gasteiger partial charge in [0, 0.05) is 13.5 Å². The first-order valence-electron chi connectivity index (χ1n) is 15.8. The number of unbranched alkanes of at least 4 members (excludes halogenated alkanes) is 2. The van der Waals surface area contributed by atoms with Crippen LogP contribution in [0.25, 0.3) is 0 Å². The highest BCUT2D eigenvalue weighted by atomic mass is 16.7. The summed E-state index contributed by atoms with van der Waals surface area (Å²) in [6.07, 6.45) is 28.5. The molecular formula is C37H52O7. The summed E-state index contributed by atoms with van der Waals surface area (Å²) in [4.78, 5) is 37.4. The number of carbonyl (C=O) groups is 3. The van der Waals surface area contributed by atoms with E-state index in [1.165, 1.54) is 19.2 Å². The molecule has 1 aromatic rings. The summed E-state index contributed by atoms with van der Waals surface area (Å²) in [7, 11) is 1.40. The van der Waals surface area contributed by atoms with Crippen LogP contribution < -0.4 is 4.74 Å². The normalized spacial score (nSPS) is 13.7. The third-order valence-electron chi connectivity index (χ3n) is 6.53. The van der Waals surface area contributed by atoms with E-state index in [9.17, 15) is 19.5 Å². The van der Waals surface area contributed by atoms with E-state index < -0.39 is 24.1 Å². The molecule has 0 aromatic heterocycles. The van der Waals surface area contributed by atoms with Crippen molar-refractivity contribution < 1.29 is 33.7 Å². The van der Waals surface area contributed by atoms with Gasteiger partial charge in [0.05, 0.1) is 12.5 Å². The van der Waals surface area contributed by atoms with Crippen LogP contribution in [-0.2, 0) is 19.1 Å². The van der Waals surface area contributed by atoms with Gasteiger partial charge >= 0.3 is 11.9 Å². The lowest BCUT2D eigenvalue weighted by atomic mass is 9.92. The summed E-state index contributed by atoms with van der Waals surface area (Å²) in [6.45, 7) is 6.38. The number of benzene rings is 1. The number of rotatable bonds is 24. The van der Waals surface area contributed by atoms with Crippen LogP contribution in [0.1, 0.15) is 95.3 Å². The Balaban J connectivity index is 2.35. The number of ether oxygens (including phenoxy) is 3. The van der Waals surface area contributed by atoms with Crippen molar-refractivity contribution in [3.8, 4) is 5.75 Å². The van der Waals surface area contributed by atoms with Gasteiger partial charge in [-0.05, 0) is 75.8 Å². The van der Waals surface area contributed by atoms with E-state index in [1.54, 1.807) is 12.1 Å². The predicted octanol–water partition coefficient (Wildman–Crippen LogP) is 8.82. The minimum absolute atomic E-state index is 0.0433. The number of methoxy groups -OCH3 is 1. The summed E-state index contributed by atoms with van der Waals surface area (Å²) in [5.41, 5.74) is -0.113. The number of Topliss-reactive ketones (excluding diaryl/α,β-unsaturated/α-hetero) is 1. The third kappa shape index (κ3) is 18.2. The van der Waals surface area contributed by atoms with Gasteiger partial charge in [-0.15, -0.1) is 0 Å². The van der Waals surface area contributed by atoms with E-state index in [0.717, 1.165) is 51.4 Å². The third-order valence-corrected chi connectivity index (χ3v) is 6.53. The van der Waals surface area contributed by atoms with Gasteiger partial charge in [0.15, 0.2) is 5.78 Å². The lowest BCUT2D eigenvalue weighted by molar-refractivity contribution is -0.166. The number of allylic oxidation sites excluding steroid dienone is 10. The zero-order valence-electron chi connectivity index (χ0n) is 27.0. The molecule has 1 aromatic carbocycles. The Morgan fingerprint density at radius 3 is 1.93 bits per heavy atom. The molecule has 44 heavy (non-hydrogen) atoms. The number of ketones is 1. The van der Waals surface area contributed by atoms with Gasteiger partial charge in [0.2, 0.25) is 6.29 Å². The average molecular weight is 609 g/mol. The Labute approximate surface area is 264 Å². The number of aromatic carboxylic acids is 1. The molecule has 0 heterocycles. The second-order valence-corrected chi connectivity index (χ2v) is 10.9. The van der Waals surface area contributed by atoms with Crippen LogP contribution in [0.4, 0.5) is 0 Å². The predicted molar refractivity (Wildman–Crippen MR) is 177 cm³/mol. The smallest absolute Gasteiger partial charge is 0.339 e. The fourth-order valence-electron chi connectivity index (χ4n) is 4.31. The van der Waals surface area contributed by atoms with Crippen LogP contribution in [0.2, 0.25) is 0 Å². The molecule has 0 bridgehead atoms. The van der Waals surface area contributed by atoms with Crippen LogP contribution in [0.5, 0.6) is 5.75 Å². The van der Waals surface area contributed by atoms with E-state index >= 15 is 0 Å². The van der Waals surface area contributed by atoms with Crippen molar-refractivity contribution in [3.63, 3.8) is 0 Å². The lowest BCUT2D eigenvalue weighted by Crippen LogP contribution is -2.32. The number of carboxylic acid groups (broad SMARTS) is 1. The molecule has 0 aliphatic heterocycles. The number of hydrogen-bond donors (Lipinski definition) is 1.